The summed E-state index contributed by atoms with van der Waals surface area (Å²) < 4.78 is 33.9. The largest absolute Gasteiger partial charge is 0.394 e. The number of halogens is 3. The monoisotopic (exact) mass is 553 g/mol. The standard InChI is InChI=1S/C25H34ClF2N7O3/c1-5-34(24(37)32-18(6-8-25(4,27)28)7-10-38-11-9-36)17(3)20-12-19(16(2)13-29-20)21-14-35-23(22(26)33-21)30-15-31-35/h12-15,17-18,36H,5-11H2,1-4H3,(H,32,37)/t17-,18?/m1/s1. The highest BCUT2D eigenvalue weighted by molar-refractivity contribution is 6.32. The highest BCUT2D eigenvalue weighted by atomic mass is 35.5. The van der Waals surface area contributed by atoms with E-state index in [2.05, 4.69) is 25.4 Å². The molecule has 0 aromatic carbocycles. The number of nitrogens with one attached hydrogen (secondary N) is 1. The molecule has 0 saturated heterocycles. The van der Waals surface area contributed by atoms with Crippen molar-refractivity contribution in [2.75, 3.05) is 26.4 Å². The molecule has 0 fully saturated rings. The topological polar surface area (TPSA) is 118 Å². The number of pyridine rings is 1. The summed E-state index contributed by atoms with van der Waals surface area (Å²) in [5.41, 5.74) is 3.29. The van der Waals surface area contributed by atoms with E-state index in [4.69, 9.17) is 21.4 Å². The van der Waals surface area contributed by atoms with E-state index in [1.54, 1.807) is 21.8 Å². The molecule has 1 unspecified atom stereocenters. The highest BCUT2D eigenvalue weighted by Gasteiger charge is 2.27. The molecule has 3 aromatic rings. The Labute approximate surface area is 225 Å². The fourth-order valence-corrected chi connectivity index (χ4v) is 4.31. The molecule has 2 atom stereocenters. The molecule has 0 aliphatic rings. The van der Waals surface area contributed by atoms with Crippen LogP contribution in [0.15, 0.2) is 24.8 Å². The quantitative estimate of drug-likeness (QED) is 0.300. The zero-order valence-corrected chi connectivity index (χ0v) is 22.8. The number of urea groups is 1. The maximum absolute atomic E-state index is 13.5. The van der Waals surface area contributed by atoms with Gasteiger partial charge < -0.3 is 20.1 Å². The van der Waals surface area contributed by atoms with Crippen LogP contribution in [0, 0.1) is 6.92 Å². The molecule has 2 N–H and O–H groups in total. The Morgan fingerprint density at radius 3 is 2.76 bits per heavy atom. The summed E-state index contributed by atoms with van der Waals surface area (Å²) in [7, 11) is 0. The van der Waals surface area contributed by atoms with Crippen LogP contribution in [0.2, 0.25) is 5.15 Å². The van der Waals surface area contributed by atoms with E-state index in [1.807, 2.05) is 26.8 Å². The summed E-state index contributed by atoms with van der Waals surface area (Å²) in [5.74, 6) is -2.85. The Bertz CT molecular complexity index is 1220. The van der Waals surface area contributed by atoms with Crippen molar-refractivity contribution < 1.29 is 23.4 Å². The molecule has 0 bridgehead atoms. The highest BCUT2D eigenvalue weighted by Crippen LogP contribution is 2.28. The second-order valence-corrected chi connectivity index (χ2v) is 9.57. The number of aryl methyl sites for hydroxylation is 1. The lowest BCUT2D eigenvalue weighted by Gasteiger charge is -2.31. The maximum Gasteiger partial charge on any atom is 0.318 e. The molecule has 3 aromatic heterocycles. The molecule has 10 nitrogen and oxygen atoms in total. The van der Waals surface area contributed by atoms with Crippen molar-refractivity contribution in [3.05, 3.63) is 41.2 Å². The molecule has 208 valence electrons. The predicted octanol–water partition coefficient (Wildman–Crippen LogP) is 4.44. The van der Waals surface area contributed by atoms with Crippen LogP contribution in [-0.4, -0.2) is 78.9 Å². The number of aliphatic hydroxyl groups is 1. The number of alkyl halides is 2. The zero-order valence-electron chi connectivity index (χ0n) is 22.0. The maximum atomic E-state index is 13.5. The van der Waals surface area contributed by atoms with Crippen molar-refractivity contribution in [2.24, 2.45) is 0 Å². The van der Waals surface area contributed by atoms with Crippen molar-refractivity contribution in [1.82, 2.24) is 34.8 Å². The van der Waals surface area contributed by atoms with Crippen molar-refractivity contribution in [1.29, 1.82) is 0 Å². The Kier molecular flexibility index (Phi) is 10.3. The Hall–Kier alpha value is -2.96. The lowest BCUT2D eigenvalue weighted by atomic mass is 10.0. The van der Waals surface area contributed by atoms with Crippen molar-refractivity contribution in [3.8, 4) is 11.3 Å². The molecular formula is C25H34ClF2N7O3. The van der Waals surface area contributed by atoms with E-state index in [-0.39, 0.29) is 43.8 Å². The lowest BCUT2D eigenvalue weighted by Crippen LogP contribution is -2.46. The second kappa shape index (κ2) is 13.2. The number of amides is 2. The molecule has 2 amide bonds. The number of nitrogens with zero attached hydrogens (tertiary/aromatic N) is 6. The number of hydrogen-bond acceptors (Lipinski definition) is 7. The van der Waals surface area contributed by atoms with Gasteiger partial charge in [-0.1, -0.05) is 11.6 Å². The third kappa shape index (κ3) is 7.78. The first-order valence-corrected chi connectivity index (χ1v) is 12.9. The first-order valence-electron chi connectivity index (χ1n) is 12.5. The van der Waals surface area contributed by atoms with E-state index in [9.17, 15) is 13.6 Å². The Morgan fingerprint density at radius 1 is 1.32 bits per heavy atom. The fraction of sp³-hybridized carbons (Fsp3) is 0.560. The number of carbonyl (C=O) groups is 1. The van der Waals surface area contributed by atoms with E-state index >= 15 is 0 Å². The molecule has 3 heterocycles. The minimum absolute atomic E-state index is 0.0911. The van der Waals surface area contributed by atoms with Crippen LogP contribution in [0.1, 0.15) is 57.3 Å². The van der Waals surface area contributed by atoms with Gasteiger partial charge in [0.2, 0.25) is 5.92 Å². The number of ether oxygens (including phenoxy) is 1. The summed E-state index contributed by atoms with van der Waals surface area (Å²) in [6, 6.07) is 0.523. The Morgan fingerprint density at radius 2 is 2.08 bits per heavy atom. The van der Waals surface area contributed by atoms with Gasteiger partial charge in [0.15, 0.2) is 10.8 Å². The zero-order chi connectivity index (χ0) is 27.9. The van der Waals surface area contributed by atoms with Crippen LogP contribution in [0.5, 0.6) is 0 Å². The van der Waals surface area contributed by atoms with Crippen LogP contribution in [-0.2, 0) is 4.74 Å². The molecule has 38 heavy (non-hydrogen) atoms. The van der Waals surface area contributed by atoms with Gasteiger partial charge in [-0.2, -0.15) is 5.10 Å². The van der Waals surface area contributed by atoms with Crippen LogP contribution < -0.4 is 5.32 Å². The molecule has 0 aliphatic heterocycles. The minimum atomic E-state index is -2.85. The third-order valence-electron chi connectivity index (χ3n) is 6.22. The van der Waals surface area contributed by atoms with Gasteiger partial charge in [0.05, 0.1) is 36.8 Å². The fourth-order valence-electron chi connectivity index (χ4n) is 4.09. The molecule has 0 radical (unpaired) electrons. The molecule has 0 saturated carbocycles. The Balaban J connectivity index is 1.79. The van der Waals surface area contributed by atoms with Crippen LogP contribution in [0.25, 0.3) is 16.9 Å². The number of carbonyl (C=O) groups excluding carboxylic acids is 1. The van der Waals surface area contributed by atoms with Crippen molar-refractivity contribution >= 4 is 23.3 Å². The van der Waals surface area contributed by atoms with Gasteiger partial charge >= 0.3 is 6.03 Å². The normalized spacial score (nSPS) is 13.5. The van der Waals surface area contributed by atoms with Gasteiger partial charge in [-0.05, 0) is 52.2 Å². The van der Waals surface area contributed by atoms with Crippen LogP contribution >= 0.6 is 11.6 Å². The summed E-state index contributed by atoms with van der Waals surface area (Å²) in [6.45, 7) is 7.06. The first kappa shape index (κ1) is 29.6. The van der Waals surface area contributed by atoms with Gasteiger partial charge in [-0.25, -0.2) is 28.1 Å². The summed E-state index contributed by atoms with van der Waals surface area (Å²) in [5, 5.41) is 16.1. The van der Waals surface area contributed by atoms with Crippen molar-refractivity contribution in [2.45, 2.75) is 65.0 Å². The molecule has 3 rings (SSSR count). The number of aliphatic hydroxyl groups excluding tert-OH is 1. The van der Waals surface area contributed by atoms with Gasteiger partial charge in [-0.15, -0.1) is 0 Å². The van der Waals surface area contributed by atoms with Gasteiger partial charge in [0.25, 0.3) is 0 Å². The average Bonchev–Trinajstić information content (AvgIpc) is 3.34. The first-order chi connectivity index (χ1) is 18.0. The summed E-state index contributed by atoms with van der Waals surface area (Å²) in [6.07, 6.45) is 4.89. The number of rotatable bonds is 13. The third-order valence-corrected chi connectivity index (χ3v) is 6.48. The average molecular weight is 554 g/mol. The van der Waals surface area contributed by atoms with Gasteiger partial charge in [0, 0.05) is 37.4 Å². The molecular weight excluding hydrogens is 520 g/mol. The molecule has 0 spiro atoms. The number of fused-ring (bicyclic) bond motifs is 1. The minimum Gasteiger partial charge on any atom is -0.394 e. The van der Waals surface area contributed by atoms with Crippen molar-refractivity contribution in [3.63, 3.8) is 0 Å². The van der Waals surface area contributed by atoms with Gasteiger partial charge in [-0.3, -0.25) is 4.98 Å². The smallest absolute Gasteiger partial charge is 0.318 e. The van der Waals surface area contributed by atoms with Crippen LogP contribution in [0.3, 0.4) is 0 Å². The number of hydrogen-bond donors (Lipinski definition) is 2. The van der Waals surface area contributed by atoms with E-state index in [0.29, 0.717) is 30.0 Å². The van der Waals surface area contributed by atoms with Gasteiger partial charge in [0.1, 0.15) is 6.33 Å². The summed E-state index contributed by atoms with van der Waals surface area (Å²) >= 11 is 6.30. The van der Waals surface area contributed by atoms with E-state index in [0.717, 1.165) is 18.1 Å². The summed E-state index contributed by atoms with van der Waals surface area (Å²) in [4.78, 5) is 28.0. The second-order valence-electron chi connectivity index (χ2n) is 9.21. The molecule has 0 aliphatic carbocycles. The van der Waals surface area contributed by atoms with E-state index < -0.39 is 18.0 Å². The molecule has 13 heteroatoms. The van der Waals surface area contributed by atoms with E-state index in [1.165, 1.54) is 6.33 Å². The lowest BCUT2D eigenvalue weighted by molar-refractivity contribution is 0.00677. The SMILES string of the molecule is CCN(C(=O)NC(CCOCCO)CCC(C)(F)F)[C@H](C)c1cc(-c2cn3ncnc3c(Cl)n2)c(C)cn1. The number of aromatic nitrogens is 5. The predicted molar refractivity (Wildman–Crippen MR) is 139 cm³/mol. The van der Waals surface area contributed by atoms with Crippen LogP contribution in [0.4, 0.5) is 13.6 Å².